The van der Waals surface area contributed by atoms with E-state index >= 15 is 0 Å². The zero-order valence-corrected chi connectivity index (χ0v) is 28.5. The van der Waals surface area contributed by atoms with Crippen LogP contribution in [0.1, 0.15) is 43.4 Å². The van der Waals surface area contributed by atoms with Gasteiger partial charge in [0.15, 0.2) is 0 Å². The quantitative estimate of drug-likeness (QED) is 0.186. The van der Waals surface area contributed by atoms with Crippen molar-refractivity contribution in [3.63, 3.8) is 0 Å². The number of allylic oxidation sites excluding steroid dienone is 3. The normalized spacial score (nSPS) is 15.7. The summed E-state index contributed by atoms with van der Waals surface area (Å²) in [6, 6.07) is 50.6. The average molecular weight is 646 g/mol. The lowest BCUT2D eigenvalue weighted by Crippen LogP contribution is -2.21. The van der Waals surface area contributed by atoms with Gasteiger partial charge in [-0.25, -0.2) is 0 Å². The fraction of sp³-hybridized carbons (Fsp3) is 0.128. The van der Waals surface area contributed by atoms with Crippen molar-refractivity contribution in [3.05, 3.63) is 174 Å². The van der Waals surface area contributed by atoms with Crippen molar-refractivity contribution in [1.29, 1.82) is 5.41 Å². The summed E-state index contributed by atoms with van der Waals surface area (Å²) in [5, 5.41) is 15.2. The Morgan fingerprint density at radius 3 is 1.96 bits per heavy atom. The van der Waals surface area contributed by atoms with Crippen LogP contribution in [0, 0.1) is 5.41 Å². The lowest BCUT2D eigenvalue weighted by atomic mass is 9.81. The molecule has 0 saturated carbocycles. The maximum absolute atomic E-state index is 8.87. The number of nitrogens with zero attached hydrogens (tertiary/aromatic N) is 1. The first-order valence-electron chi connectivity index (χ1n) is 17.6. The number of rotatable bonds is 6. The van der Waals surface area contributed by atoms with Gasteiger partial charge in [0.05, 0.1) is 23.4 Å². The monoisotopic (exact) mass is 645 g/mol. The molecule has 1 aromatic heterocycles. The summed E-state index contributed by atoms with van der Waals surface area (Å²) in [6.45, 7) is 5.31. The number of fused-ring (bicyclic) bond motifs is 6. The van der Waals surface area contributed by atoms with Crippen LogP contribution in [0.5, 0.6) is 0 Å². The molecule has 6 aromatic carbocycles. The second kappa shape index (κ2) is 11.9. The van der Waals surface area contributed by atoms with Crippen molar-refractivity contribution in [2.75, 3.05) is 0 Å². The second-order valence-electron chi connectivity index (χ2n) is 14.1. The fourth-order valence-corrected chi connectivity index (χ4v) is 8.13. The molecule has 0 aliphatic heterocycles. The predicted molar refractivity (Wildman–Crippen MR) is 210 cm³/mol. The molecule has 0 spiro atoms. The first kappa shape index (κ1) is 30.2. The molecule has 2 aliphatic carbocycles. The summed E-state index contributed by atoms with van der Waals surface area (Å²) in [7, 11) is 0. The number of nitrogens with one attached hydrogen (secondary N) is 2. The summed E-state index contributed by atoms with van der Waals surface area (Å²) in [4.78, 5) is 0. The van der Waals surface area contributed by atoms with Crippen LogP contribution in [-0.4, -0.2) is 10.3 Å². The molecule has 0 bridgehead atoms. The molecule has 1 heterocycles. The molecule has 50 heavy (non-hydrogen) atoms. The van der Waals surface area contributed by atoms with Crippen LogP contribution < -0.4 is 5.32 Å². The Bertz CT molecular complexity index is 2500. The van der Waals surface area contributed by atoms with Crippen LogP contribution in [0.15, 0.2) is 157 Å². The van der Waals surface area contributed by atoms with Crippen LogP contribution in [-0.2, 0) is 12.1 Å². The van der Waals surface area contributed by atoms with E-state index in [2.05, 4.69) is 175 Å². The van der Waals surface area contributed by atoms with Crippen molar-refractivity contribution < 1.29 is 0 Å². The van der Waals surface area contributed by atoms with Gasteiger partial charge in [-0.1, -0.05) is 141 Å². The third kappa shape index (κ3) is 4.92. The van der Waals surface area contributed by atoms with Crippen molar-refractivity contribution in [2.45, 2.75) is 38.8 Å². The first-order chi connectivity index (χ1) is 24.5. The smallest absolute Gasteiger partial charge is 0.0926 e. The van der Waals surface area contributed by atoms with Gasteiger partial charge >= 0.3 is 0 Å². The van der Waals surface area contributed by atoms with E-state index in [9.17, 15) is 0 Å². The van der Waals surface area contributed by atoms with Gasteiger partial charge in [0.1, 0.15) is 0 Å². The highest BCUT2D eigenvalue weighted by Crippen LogP contribution is 2.51. The lowest BCUT2D eigenvalue weighted by Gasteiger charge is -2.22. The van der Waals surface area contributed by atoms with E-state index in [4.69, 9.17) is 5.41 Å². The fourth-order valence-electron chi connectivity index (χ4n) is 8.13. The van der Waals surface area contributed by atoms with Gasteiger partial charge in [-0.15, -0.1) is 0 Å². The molecule has 7 aromatic rings. The van der Waals surface area contributed by atoms with Crippen LogP contribution >= 0.6 is 0 Å². The van der Waals surface area contributed by atoms with Gasteiger partial charge in [0, 0.05) is 27.5 Å². The summed E-state index contributed by atoms with van der Waals surface area (Å²) < 4.78 is 2.44. The Morgan fingerprint density at radius 2 is 1.26 bits per heavy atom. The Labute approximate surface area is 293 Å². The minimum absolute atomic E-state index is 0.140. The molecule has 9 rings (SSSR count). The Balaban J connectivity index is 1.24. The molecule has 0 unspecified atom stereocenters. The van der Waals surface area contributed by atoms with Crippen molar-refractivity contribution >= 4 is 33.2 Å². The average Bonchev–Trinajstić information content (AvgIpc) is 3.59. The van der Waals surface area contributed by atoms with Crippen LogP contribution in [0.3, 0.4) is 0 Å². The lowest BCUT2D eigenvalue weighted by molar-refractivity contribution is 0.661. The largest absolute Gasteiger partial charge is 0.366 e. The minimum Gasteiger partial charge on any atom is -0.366 e. The molecule has 3 heteroatoms. The Kier molecular flexibility index (Phi) is 7.17. The number of aromatic nitrogens is 1. The maximum atomic E-state index is 8.87. The van der Waals surface area contributed by atoms with E-state index < -0.39 is 0 Å². The highest BCUT2D eigenvalue weighted by Gasteiger charge is 2.36. The molecule has 0 radical (unpaired) electrons. The Hall–Kier alpha value is -5.93. The SMILES string of the molecule is CC1(C)c2cc(-c3ccccc3)ccc2-c2cc3c(cc21)c1ccc(-c2ccccc2)cc1n3CN/C(=C1/C=CCCC1=N)c1ccccc1. The Morgan fingerprint density at radius 1 is 0.640 bits per heavy atom. The number of hydrogen-bond acceptors (Lipinski definition) is 2. The molecule has 0 atom stereocenters. The first-order valence-corrected chi connectivity index (χ1v) is 17.6. The molecule has 3 nitrogen and oxygen atoms in total. The molecule has 0 saturated heterocycles. The van der Waals surface area contributed by atoms with Crippen LogP contribution in [0.4, 0.5) is 0 Å². The summed E-state index contributed by atoms with van der Waals surface area (Å²) in [5.74, 6) is 0. The zero-order chi connectivity index (χ0) is 33.8. The van der Waals surface area contributed by atoms with Crippen molar-refractivity contribution in [3.8, 4) is 33.4 Å². The standard InChI is InChI=1S/C47H39N3/c1-47(2)41-26-34(31-14-6-3-7-15-31)22-24-36(41)39-29-45-40(28-42(39)47)37-25-23-35(32-16-8-4-9-17-32)27-44(37)50(45)30-49-46(33-18-10-5-11-19-33)38-20-12-13-21-43(38)48/h3-12,14-20,22-29,48-49H,13,21,30H2,1-2H3/b46-38-,48-43?. The summed E-state index contributed by atoms with van der Waals surface area (Å²) >= 11 is 0. The van der Waals surface area contributed by atoms with Gasteiger partial charge in [0.2, 0.25) is 0 Å². The number of hydrogen-bond donors (Lipinski definition) is 2. The molecule has 242 valence electrons. The molecule has 0 amide bonds. The molecular formula is C47H39N3. The van der Waals surface area contributed by atoms with Gasteiger partial charge in [-0.3, -0.25) is 0 Å². The summed E-state index contributed by atoms with van der Waals surface area (Å²) in [5.41, 5.74) is 16.3. The van der Waals surface area contributed by atoms with Gasteiger partial charge in [-0.2, -0.15) is 0 Å². The topological polar surface area (TPSA) is 40.8 Å². The third-order valence-electron chi connectivity index (χ3n) is 10.8. The highest BCUT2D eigenvalue weighted by molar-refractivity contribution is 6.11. The van der Waals surface area contributed by atoms with E-state index in [1.54, 1.807) is 0 Å². The van der Waals surface area contributed by atoms with Gasteiger partial charge in [0.25, 0.3) is 0 Å². The number of benzene rings is 6. The molecule has 2 N–H and O–H groups in total. The highest BCUT2D eigenvalue weighted by atomic mass is 15.1. The minimum atomic E-state index is -0.140. The molecule has 2 aliphatic rings. The van der Waals surface area contributed by atoms with Gasteiger partial charge < -0.3 is 15.3 Å². The van der Waals surface area contributed by atoms with Gasteiger partial charge in [-0.05, 0) is 87.2 Å². The van der Waals surface area contributed by atoms with Crippen LogP contribution in [0.25, 0.3) is 60.9 Å². The second-order valence-corrected chi connectivity index (χ2v) is 14.1. The van der Waals surface area contributed by atoms with Crippen molar-refractivity contribution in [1.82, 2.24) is 9.88 Å². The van der Waals surface area contributed by atoms with Crippen molar-refractivity contribution in [2.24, 2.45) is 0 Å². The van der Waals surface area contributed by atoms with E-state index in [1.165, 1.54) is 66.3 Å². The molecular weight excluding hydrogens is 607 g/mol. The van der Waals surface area contributed by atoms with E-state index in [0.717, 1.165) is 29.7 Å². The maximum Gasteiger partial charge on any atom is 0.0926 e. The third-order valence-corrected chi connectivity index (χ3v) is 10.8. The van der Waals surface area contributed by atoms with E-state index in [1.807, 2.05) is 0 Å². The van der Waals surface area contributed by atoms with E-state index in [-0.39, 0.29) is 5.41 Å². The van der Waals surface area contributed by atoms with Crippen LogP contribution in [0.2, 0.25) is 0 Å². The predicted octanol–water partition coefficient (Wildman–Crippen LogP) is 11.8. The summed E-state index contributed by atoms with van der Waals surface area (Å²) in [6.07, 6.45) is 5.98. The van der Waals surface area contributed by atoms with E-state index in [0.29, 0.717) is 12.4 Å². The molecule has 0 fully saturated rings. The zero-order valence-electron chi connectivity index (χ0n) is 28.5.